The number of carboxylic acid groups (broad SMARTS) is 1. The second-order valence-corrected chi connectivity index (χ2v) is 5.56. The Hall–Kier alpha value is -1.91. The summed E-state index contributed by atoms with van der Waals surface area (Å²) in [4.78, 5) is 27.1. The van der Waals surface area contributed by atoms with Crippen LogP contribution in [-0.2, 0) is 0 Å². The number of aromatic carboxylic acids is 1. The molecule has 1 heterocycles. The van der Waals surface area contributed by atoms with Crippen molar-refractivity contribution >= 4 is 11.9 Å². The summed E-state index contributed by atoms with van der Waals surface area (Å²) in [6.07, 6.45) is 4.27. The van der Waals surface area contributed by atoms with Crippen molar-refractivity contribution in [3.05, 3.63) is 29.1 Å². The lowest BCUT2D eigenvalue weighted by molar-refractivity contribution is 0.0694. The van der Waals surface area contributed by atoms with Gasteiger partial charge in [-0.05, 0) is 50.7 Å². The SMILES string of the molecule is Cc1nc(C(=O)NC2CCC(C)CC2)ccc1C(=O)O. The predicted octanol–water partition coefficient (Wildman–Crippen LogP) is 2.40. The molecule has 108 valence electrons. The first-order valence-electron chi connectivity index (χ1n) is 6.99. The number of hydrogen-bond acceptors (Lipinski definition) is 3. The first kappa shape index (κ1) is 14.5. The van der Waals surface area contributed by atoms with Crippen LogP contribution < -0.4 is 5.32 Å². The third-order valence-corrected chi connectivity index (χ3v) is 3.90. The van der Waals surface area contributed by atoms with Gasteiger partial charge in [0.15, 0.2) is 0 Å². The molecule has 0 aromatic carbocycles. The molecular weight excluding hydrogens is 256 g/mol. The van der Waals surface area contributed by atoms with Crippen molar-refractivity contribution < 1.29 is 14.7 Å². The molecule has 1 aliphatic rings. The summed E-state index contributed by atoms with van der Waals surface area (Å²) in [5.74, 6) is -0.508. The highest BCUT2D eigenvalue weighted by Crippen LogP contribution is 2.23. The maximum absolute atomic E-state index is 12.1. The van der Waals surface area contributed by atoms with Gasteiger partial charge in [-0.3, -0.25) is 4.79 Å². The molecule has 1 saturated carbocycles. The summed E-state index contributed by atoms with van der Waals surface area (Å²) < 4.78 is 0. The van der Waals surface area contributed by atoms with Gasteiger partial charge in [0.2, 0.25) is 0 Å². The highest BCUT2D eigenvalue weighted by atomic mass is 16.4. The lowest BCUT2D eigenvalue weighted by Crippen LogP contribution is -2.37. The summed E-state index contributed by atoms with van der Waals surface area (Å²) in [6.45, 7) is 3.83. The van der Waals surface area contributed by atoms with E-state index in [9.17, 15) is 9.59 Å². The minimum Gasteiger partial charge on any atom is -0.478 e. The zero-order valence-electron chi connectivity index (χ0n) is 11.8. The second kappa shape index (κ2) is 6.03. The largest absolute Gasteiger partial charge is 0.478 e. The van der Waals surface area contributed by atoms with Gasteiger partial charge in [-0.2, -0.15) is 0 Å². The number of nitrogens with one attached hydrogen (secondary N) is 1. The highest BCUT2D eigenvalue weighted by molar-refractivity contribution is 5.94. The van der Waals surface area contributed by atoms with Crippen LogP contribution in [0.3, 0.4) is 0 Å². The highest BCUT2D eigenvalue weighted by Gasteiger charge is 2.21. The number of aromatic nitrogens is 1. The summed E-state index contributed by atoms with van der Waals surface area (Å²) in [5.41, 5.74) is 0.779. The minimum atomic E-state index is -1.02. The van der Waals surface area contributed by atoms with Crippen molar-refractivity contribution in [3.8, 4) is 0 Å². The third-order valence-electron chi connectivity index (χ3n) is 3.90. The Kier molecular flexibility index (Phi) is 4.37. The number of aryl methyl sites for hydroxylation is 1. The van der Waals surface area contributed by atoms with Crippen LogP contribution in [-0.4, -0.2) is 28.0 Å². The second-order valence-electron chi connectivity index (χ2n) is 5.56. The van der Waals surface area contributed by atoms with Gasteiger partial charge >= 0.3 is 5.97 Å². The van der Waals surface area contributed by atoms with Gasteiger partial charge in [-0.25, -0.2) is 9.78 Å². The molecule has 1 amide bonds. The average molecular weight is 276 g/mol. The monoisotopic (exact) mass is 276 g/mol. The number of carbonyl (C=O) groups excluding carboxylic acids is 1. The lowest BCUT2D eigenvalue weighted by Gasteiger charge is -2.26. The molecule has 1 aliphatic carbocycles. The zero-order valence-corrected chi connectivity index (χ0v) is 11.8. The third kappa shape index (κ3) is 3.35. The van der Waals surface area contributed by atoms with Crippen LogP contribution in [0.2, 0.25) is 0 Å². The zero-order chi connectivity index (χ0) is 14.7. The molecule has 2 rings (SSSR count). The summed E-state index contributed by atoms with van der Waals surface area (Å²) >= 11 is 0. The number of carboxylic acids is 1. The van der Waals surface area contributed by atoms with Crippen molar-refractivity contribution in [3.63, 3.8) is 0 Å². The van der Waals surface area contributed by atoms with E-state index in [1.54, 1.807) is 6.92 Å². The van der Waals surface area contributed by atoms with Crippen LogP contribution in [0.1, 0.15) is 59.1 Å². The molecule has 0 unspecified atom stereocenters. The number of rotatable bonds is 3. The molecule has 0 aliphatic heterocycles. The molecule has 20 heavy (non-hydrogen) atoms. The molecule has 2 N–H and O–H groups in total. The standard InChI is InChI=1S/C15H20N2O3/c1-9-3-5-11(6-4-9)17-14(18)13-8-7-12(15(19)20)10(2)16-13/h7-9,11H,3-6H2,1-2H3,(H,17,18)(H,19,20). The molecule has 1 aromatic heterocycles. The fourth-order valence-electron chi connectivity index (χ4n) is 2.58. The average Bonchev–Trinajstić information content (AvgIpc) is 2.40. The van der Waals surface area contributed by atoms with Gasteiger partial charge in [0, 0.05) is 6.04 Å². The van der Waals surface area contributed by atoms with E-state index in [0.717, 1.165) is 31.6 Å². The Morgan fingerprint density at radius 3 is 2.45 bits per heavy atom. The van der Waals surface area contributed by atoms with E-state index in [4.69, 9.17) is 5.11 Å². The van der Waals surface area contributed by atoms with Crippen LogP contribution >= 0.6 is 0 Å². The quantitative estimate of drug-likeness (QED) is 0.888. The molecule has 5 nitrogen and oxygen atoms in total. The van der Waals surface area contributed by atoms with Gasteiger partial charge in [-0.15, -0.1) is 0 Å². The van der Waals surface area contributed by atoms with Crippen molar-refractivity contribution in [2.45, 2.75) is 45.6 Å². The normalized spacial score (nSPS) is 22.3. The van der Waals surface area contributed by atoms with Crippen molar-refractivity contribution in [2.24, 2.45) is 5.92 Å². The van der Waals surface area contributed by atoms with E-state index < -0.39 is 5.97 Å². The van der Waals surface area contributed by atoms with Crippen LogP contribution in [0.25, 0.3) is 0 Å². The number of amides is 1. The maximum Gasteiger partial charge on any atom is 0.337 e. The van der Waals surface area contributed by atoms with Gasteiger partial charge < -0.3 is 10.4 Å². The summed E-state index contributed by atoms with van der Waals surface area (Å²) in [7, 11) is 0. The number of nitrogens with zero attached hydrogens (tertiary/aromatic N) is 1. The van der Waals surface area contributed by atoms with Crippen LogP contribution in [0, 0.1) is 12.8 Å². The smallest absolute Gasteiger partial charge is 0.337 e. The molecule has 0 atom stereocenters. The number of hydrogen-bond donors (Lipinski definition) is 2. The first-order chi connectivity index (χ1) is 9.47. The Morgan fingerprint density at radius 1 is 1.25 bits per heavy atom. The fourth-order valence-corrected chi connectivity index (χ4v) is 2.58. The summed E-state index contributed by atoms with van der Waals surface area (Å²) in [6, 6.07) is 3.11. The van der Waals surface area contributed by atoms with E-state index in [0.29, 0.717) is 5.69 Å². The number of pyridine rings is 1. The summed E-state index contributed by atoms with van der Waals surface area (Å²) in [5, 5.41) is 11.9. The molecule has 1 aromatic rings. The van der Waals surface area contributed by atoms with Crippen molar-refractivity contribution in [1.82, 2.24) is 10.3 Å². The van der Waals surface area contributed by atoms with E-state index in [2.05, 4.69) is 17.2 Å². The van der Waals surface area contributed by atoms with E-state index in [1.807, 2.05) is 0 Å². The van der Waals surface area contributed by atoms with Gasteiger partial charge in [0.1, 0.15) is 5.69 Å². The van der Waals surface area contributed by atoms with Crippen LogP contribution in [0.4, 0.5) is 0 Å². The van der Waals surface area contributed by atoms with Gasteiger partial charge in [-0.1, -0.05) is 6.92 Å². The maximum atomic E-state index is 12.1. The topological polar surface area (TPSA) is 79.3 Å². The van der Waals surface area contributed by atoms with Crippen molar-refractivity contribution in [2.75, 3.05) is 0 Å². The molecule has 1 fully saturated rings. The van der Waals surface area contributed by atoms with Crippen LogP contribution in [0.15, 0.2) is 12.1 Å². The Morgan fingerprint density at radius 2 is 1.90 bits per heavy atom. The molecular formula is C15H20N2O3. The molecule has 0 bridgehead atoms. The fraction of sp³-hybridized carbons (Fsp3) is 0.533. The van der Waals surface area contributed by atoms with Gasteiger partial charge in [0.05, 0.1) is 11.3 Å². The van der Waals surface area contributed by atoms with E-state index in [-0.39, 0.29) is 23.2 Å². The number of carbonyl (C=O) groups is 2. The molecule has 0 radical (unpaired) electrons. The molecule has 5 heteroatoms. The van der Waals surface area contributed by atoms with Crippen LogP contribution in [0.5, 0.6) is 0 Å². The van der Waals surface area contributed by atoms with Gasteiger partial charge in [0.25, 0.3) is 5.91 Å². The van der Waals surface area contributed by atoms with Crippen molar-refractivity contribution in [1.29, 1.82) is 0 Å². The molecule has 0 saturated heterocycles. The first-order valence-corrected chi connectivity index (χ1v) is 6.99. The minimum absolute atomic E-state index is 0.132. The lowest BCUT2D eigenvalue weighted by atomic mass is 9.87. The van der Waals surface area contributed by atoms with E-state index in [1.165, 1.54) is 12.1 Å². The predicted molar refractivity (Wildman–Crippen MR) is 74.8 cm³/mol. The molecule has 0 spiro atoms. The Bertz CT molecular complexity index is 520. The van der Waals surface area contributed by atoms with E-state index >= 15 is 0 Å². The Labute approximate surface area is 118 Å². The Balaban J connectivity index is 2.02.